The summed E-state index contributed by atoms with van der Waals surface area (Å²) in [6.07, 6.45) is 1.63. The molecule has 0 aromatic heterocycles. The Kier molecular flexibility index (Phi) is 7.90. The lowest BCUT2D eigenvalue weighted by molar-refractivity contribution is 0.0952. The second-order valence-corrected chi connectivity index (χ2v) is 10.7. The molecule has 0 atom stereocenters. The number of ether oxygens (including phenoxy) is 2. The van der Waals surface area contributed by atoms with Crippen LogP contribution < -0.4 is 14.9 Å². The number of fused-ring (bicyclic) bond motifs is 2. The molecule has 0 bridgehead atoms. The van der Waals surface area contributed by atoms with E-state index in [1.54, 1.807) is 13.3 Å². The molecule has 0 aliphatic heterocycles. The predicted molar refractivity (Wildman–Crippen MR) is 166 cm³/mol. The Labute approximate surface area is 242 Å². The van der Waals surface area contributed by atoms with E-state index in [2.05, 4.69) is 86.0 Å². The molecule has 0 unspecified atom stereocenters. The predicted octanol–water partition coefficient (Wildman–Crippen LogP) is 7.55. The van der Waals surface area contributed by atoms with Crippen molar-refractivity contribution in [2.24, 2.45) is 5.10 Å². The minimum atomic E-state index is -0.335. The molecule has 5 nitrogen and oxygen atoms in total. The highest BCUT2D eigenvalue weighted by Crippen LogP contribution is 2.30. The number of carbonyl (C=O) groups excluding carboxylic acids is 1. The molecule has 1 amide bonds. The number of rotatable bonds is 7. The van der Waals surface area contributed by atoms with Gasteiger partial charge in [0.1, 0.15) is 18.1 Å². The van der Waals surface area contributed by atoms with E-state index in [9.17, 15) is 4.79 Å². The van der Waals surface area contributed by atoms with Gasteiger partial charge in [0.05, 0.1) is 26.0 Å². The first kappa shape index (κ1) is 25.5. The summed E-state index contributed by atoms with van der Waals surface area (Å²) in [6.45, 7) is 0.480. The van der Waals surface area contributed by atoms with Gasteiger partial charge in [-0.25, -0.2) is 5.43 Å². The van der Waals surface area contributed by atoms with Gasteiger partial charge in [0.25, 0.3) is 5.91 Å². The molecule has 5 aromatic carbocycles. The number of carbonyl (C=O) groups is 1. The van der Waals surface area contributed by atoms with Crippen molar-refractivity contribution in [3.63, 3.8) is 0 Å². The molecule has 5 rings (SSSR count). The van der Waals surface area contributed by atoms with E-state index in [0.717, 1.165) is 34.8 Å². The van der Waals surface area contributed by atoms with Crippen LogP contribution in [0.1, 0.15) is 21.5 Å². The van der Waals surface area contributed by atoms with Crippen LogP contribution >= 0.6 is 45.2 Å². The molecule has 37 heavy (non-hydrogen) atoms. The van der Waals surface area contributed by atoms with Crippen LogP contribution in [0.25, 0.3) is 21.5 Å². The van der Waals surface area contributed by atoms with Crippen molar-refractivity contribution in [1.82, 2.24) is 5.43 Å². The van der Waals surface area contributed by atoms with Gasteiger partial charge in [-0.05, 0) is 108 Å². The van der Waals surface area contributed by atoms with E-state index in [1.165, 1.54) is 10.8 Å². The summed E-state index contributed by atoms with van der Waals surface area (Å²) in [6, 6.07) is 30.1. The number of hydrazone groups is 1. The lowest BCUT2D eigenvalue weighted by atomic mass is 10.1. The smallest absolute Gasteiger partial charge is 0.275 e. The topological polar surface area (TPSA) is 59.9 Å². The minimum absolute atomic E-state index is 0.335. The summed E-state index contributed by atoms with van der Waals surface area (Å²) in [5.41, 5.74) is 5.02. The minimum Gasteiger partial charge on any atom is -0.496 e. The van der Waals surface area contributed by atoms with Crippen molar-refractivity contribution < 1.29 is 14.3 Å². The van der Waals surface area contributed by atoms with Crippen molar-refractivity contribution in [1.29, 1.82) is 0 Å². The quantitative estimate of drug-likeness (QED) is 0.108. The molecule has 184 valence electrons. The average molecular weight is 712 g/mol. The zero-order valence-electron chi connectivity index (χ0n) is 19.9. The van der Waals surface area contributed by atoms with Gasteiger partial charge < -0.3 is 9.47 Å². The maximum atomic E-state index is 12.8. The third-order valence-electron chi connectivity index (χ3n) is 5.91. The van der Waals surface area contributed by atoms with Crippen molar-refractivity contribution in [2.75, 3.05) is 7.11 Å². The molecule has 7 heteroatoms. The van der Waals surface area contributed by atoms with E-state index in [1.807, 2.05) is 60.7 Å². The molecule has 0 aliphatic rings. The third-order valence-corrected chi connectivity index (χ3v) is 7.51. The molecule has 0 heterocycles. The molecular formula is C30H22I2N2O3. The Balaban J connectivity index is 1.27. The SMILES string of the molecule is COc1cc2ccccc2cc1C(=O)N/N=C\c1cc(I)c(OCc2ccc3ccccc3c2)c(I)c1. The molecule has 0 spiro atoms. The Morgan fingerprint density at radius 2 is 1.46 bits per heavy atom. The standard InChI is InChI=1S/C30H22I2N2O3/c1-36-28-16-24-9-5-4-8-23(24)15-25(28)30(35)34-33-17-20-13-26(31)29(27(32)14-20)37-18-19-10-11-21-6-2-3-7-22(21)12-19/h2-17H,18H2,1H3,(H,34,35)/b33-17-. The monoisotopic (exact) mass is 712 g/mol. The number of nitrogens with one attached hydrogen (secondary N) is 1. The maximum Gasteiger partial charge on any atom is 0.275 e. The number of halogens is 2. The van der Waals surface area contributed by atoms with Gasteiger partial charge in [-0.3, -0.25) is 4.79 Å². The van der Waals surface area contributed by atoms with Gasteiger partial charge in [-0.15, -0.1) is 0 Å². The van der Waals surface area contributed by atoms with Crippen molar-refractivity contribution in [2.45, 2.75) is 6.61 Å². The molecule has 0 radical (unpaired) electrons. The number of hydrogen-bond donors (Lipinski definition) is 1. The second kappa shape index (κ2) is 11.5. The van der Waals surface area contributed by atoms with Crippen LogP contribution in [0.2, 0.25) is 0 Å². The number of nitrogens with zero attached hydrogens (tertiary/aromatic N) is 1. The zero-order valence-corrected chi connectivity index (χ0v) is 24.2. The highest BCUT2D eigenvalue weighted by atomic mass is 127. The lowest BCUT2D eigenvalue weighted by Gasteiger charge is -2.12. The first-order valence-corrected chi connectivity index (χ1v) is 13.7. The second-order valence-electron chi connectivity index (χ2n) is 8.38. The third kappa shape index (κ3) is 5.88. The van der Waals surface area contributed by atoms with Gasteiger partial charge in [-0.2, -0.15) is 5.10 Å². The number of methoxy groups -OCH3 is 1. The van der Waals surface area contributed by atoms with Gasteiger partial charge in [0, 0.05) is 0 Å². The van der Waals surface area contributed by atoms with Crippen LogP contribution in [0.4, 0.5) is 0 Å². The number of hydrogen-bond acceptors (Lipinski definition) is 4. The van der Waals surface area contributed by atoms with Gasteiger partial charge in [-0.1, -0.05) is 60.7 Å². The van der Waals surface area contributed by atoms with E-state index in [4.69, 9.17) is 9.47 Å². The van der Waals surface area contributed by atoms with Crippen molar-refractivity contribution in [3.8, 4) is 11.5 Å². The van der Waals surface area contributed by atoms with E-state index < -0.39 is 0 Å². The Morgan fingerprint density at radius 1 is 0.838 bits per heavy atom. The molecule has 0 aliphatic carbocycles. The largest absolute Gasteiger partial charge is 0.496 e. The normalized spacial score (nSPS) is 11.2. The maximum absolute atomic E-state index is 12.8. The molecule has 1 N–H and O–H groups in total. The van der Waals surface area contributed by atoms with Gasteiger partial charge in [0.15, 0.2) is 0 Å². The van der Waals surface area contributed by atoms with Crippen LogP contribution in [-0.4, -0.2) is 19.2 Å². The summed E-state index contributed by atoms with van der Waals surface area (Å²) in [5, 5.41) is 8.56. The van der Waals surface area contributed by atoms with Crippen molar-refractivity contribution >= 4 is 78.8 Å². The van der Waals surface area contributed by atoms with Crippen LogP contribution in [-0.2, 0) is 6.61 Å². The van der Waals surface area contributed by atoms with Crippen LogP contribution in [0.5, 0.6) is 11.5 Å². The van der Waals surface area contributed by atoms with Crippen molar-refractivity contribution in [3.05, 3.63) is 115 Å². The fourth-order valence-electron chi connectivity index (χ4n) is 4.07. The highest BCUT2D eigenvalue weighted by Gasteiger charge is 2.13. The summed E-state index contributed by atoms with van der Waals surface area (Å²) in [4.78, 5) is 12.8. The number of benzene rings is 5. The van der Waals surface area contributed by atoms with Gasteiger partial charge >= 0.3 is 0 Å². The van der Waals surface area contributed by atoms with Crippen LogP contribution in [0.15, 0.2) is 96.1 Å². The Morgan fingerprint density at radius 3 is 2.14 bits per heavy atom. The van der Waals surface area contributed by atoms with E-state index >= 15 is 0 Å². The fourth-order valence-corrected chi connectivity index (χ4v) is 6.20. The molecule has 0 saturated heterocycles. The summed E-state index contributed by atoms with van der Waals surface area (Å²) < 4.78 is 13.5. The van der Waals surface area contributed by atoms with E-state index in [-0.39, 0.29) is 5.91 Å². The highest BCUT2D eigenvalue weighted by molar-refractivity contribution is 14.1. The molecule has 5 aromatic rings. The van der Waals surface area contributed by atoms with E-state index in [0.29, 0.717) is 17.9 Å². The summed E-state index contributed by atoms with van der Waals surface area (Å²) in [7, 11) is 1.55. The lowest BCUT2D eigenvalue weighted by Crippen LogP contribution is -2.18. The average Bonchev–Trinajstić information content (AvgIpc) is 2.91. The zero-order chi connectivity index (χ0) is 25.8. The molecule has 0 saturated carbocycles. The first-order valence-electron chi connectivity index (χ1n) is 11.5. The molecule has 0 fully saturated rings. The van der Waals surface area contributed by atoms with Crippen LogP contribution in [0.3, 0.4) is 0 Å². The molecular weight excluding hydrogens is 690 g/mol. The van der Waals surface area contributed by atoms with Gasteiger partial charge in [0.2, 0.25) is 0 Å². The Hall–Kier alpha value is -3.18. The fraction of sp³-hybridized carbons (Fsp3) is 0.0667. The summed E-state index contributed by atoms with van der Waals surface area (Å²) in [5.74, 6) is 0.999. The Bertz CT molecular complexity index is 1630. The van der Waals surface area contributed by atoms with Crippen LogP contribution in [0, 0.1) is 7.14 Å². The summed E-state index contributed by atoms with van der Waals surface area (Å²) >= 11 is 4.53. The number of amides is 1. The first-order chi connectivity index (χ1) is 18.0.